The molecule has 1 fully saturated rings. The van der Waals surface area contributed by atoms with Crippen molar-refractivity contribution in [3.63, 3.8) is 0 Å². The molecule has 1 aliphatic rings. The standard InChI is InChI=1S/C17H20FN3O/c1-12(21-8-3-4-9-21)13-6-5-7-14(10-13)16-19-11-15(18)17(20-16)22-2/h5-7,10-12H,3-4,8-9H2,1-2H3. The van der Waals surface area contributed by atoms with Gasteiger partial charge in [0.2, 0.25) is 5.82 Å². The Morgan fingerprint density at radius 1 is 1.27 bits per heavy atom. The minimum absolute atomic E-state index is 0.0250. The van der Waals surface area contributed by atoms with Gasteiger partial charge in [0.05, 0.1) is 13.3 Å². The van der Waals surface area contributed by atoms with Crippen LogP contribution in [0.2, 0.25) is 0 Å². The van der Waals surface area contributed by atoms with Crippen LogP contribution in [0.15, 0.2) is 30.5 Å². The Kier molecular flexibility index (Phi) is 4.34. The molecular weight excluding hydrogens is 281 g/mol. The molecule has 116 valence electrons. The maximum absolute atomic E-state index is 13.4. The number of nitrogens with zero attached hydrogens (tertiary/aromatic N) is 3. The molecular formula is C17H20FN3O. The van der Waals surface area contributed by atoms with Crippen LogP contribution in [-0.2, 0) is 0 Å². The molecule has 3 rings (SSSR count). The van der Waals surface area contributed by atoms with Gasteiger partial charge < -0.3 is 4.74 Å². The van der Waals surface area contributed by atoms with E-state index in [9.17, 15) is 4.39 Å². The van der Waals surface area contributed by atoms with E-state index in [0.29, 0.717) is 11.9 Å². The molecule has 1 unspecified atom stereocenters. The van der Waals surface area contributed by atoms with Gasteiger partial charge in [0.15, 0.2) is 5.82 Å². The van der Waals surface area contributed by atoms with Gasteiger partial charge in [0.1, 0.15) is 0 Å². The summed E-state index contributed by atoms with van der Waals surface area (Å²) in [5.41, 5.74) is 2.10. The third-order valence-electron chi connectivity index (χ3n) is 4.22. The number of ether oxygens (including phenoxy) is 1. The number of aromatic nitrogens is 2. The zero-order valence-electron chi connectivity index (χ0n) is 12.9. The summed E-state index contributed by atoms with van der Waals surface area (Å²) in [6, 6.07) is 8.50. The van der Waals surface area contributed by atoms with Crippen LogP contribution < -0.4 is 4.74 Å². The fourth-order valence-corrected chi connectivity index (χ4v) is 2.91. The van der Waals surface area contributed by atoms with Crippen LogP contribution >= 0.6 is 0 Å². The van der Waals surface area contributed by atoms with Crippen LogP contribution in [0.4, 0.5) is 4.39 Å². The SMILES string of the molecule is COc1nc(-c2cccc(C(C)N3CCCC3)c2)ncc1F. The van der Waals surface area contributed by atoms with Crippen LogP contribution in [-0.4, -0.2) is 35.1 Å². The summed E-state index contributed by atoms with van der Waals surface area (Å²) in [5, 5.41) is 0. The summed E-state index contributed by atoms with van der Waals surface area (Å²) in [6.07, 6.45) is 3.68. The van der Waals surface area contributed by atoms with Crippen molar-refractivity contribution in [1.29, 1.82) is 0 Å². The molecule has 0 spiro atoms. The van der Waals surface area contributed by atoms with Crippen LogP contribution in [0, 0.1) is 5.82 Å². The van der Waals surface area contributed by atoms with Crippen molar-refractivity contribution in [2.75, 3.05) is 20.2 Å². The molecule has 2 heterocycles. The van der Waals surface area contributed by atoms with Gasteiger partial charge in [-0.1, -0.05) is 18.2 Å². The van der Waals surface area contributed by atoms with Gasteiger partial charge in [0, 0.05) is 11.6 Å². The van der Waals surface area contributed by atoms with Gasteiger partial charge in [-0.05, 0) is 44.5 Å². The van der Waals surface area contributed by atoms with Crippen molar-refractivity contribution >= 4 is 0 Å². The molecule has 0 N–H and O–H groups in total. The van der Waals surface area contributed by atoms with Crippen LogP contribution in [0.25, 0.3) is 11.4 Å². The maximum atomic E-state index is 13.4. The summed E-state index contributed by atoms with van der Waals surface area (Å²) < 4.78 is 18.4. The van der Waals surface area contributed by atoms with Crippen LogP contribution in [0.5, 0.6) is 5.88 Å². The molecule has 5 heteroatoms. The normalized spacial score (nSPS) is 16.7. The summed E-state index contributed by atoms with van der Waals surface area (Å²) in [7, 11) is 1.40. The van der Waals surface area contributed by atoms with E-state index in [1.54, 1.807) is 0 Å². The first-order valence-electron chi connectivity index (χ1n) is 7.60. The quantitative estimate of drug-likeness (QED) is 0.867. The number of benzene rings is 1. The van der Waals surface area contributed by atoms with Gasteiger partial charge in [-0.25, -0.2) is 4.98 Å². The zero-order chi connectivity index (χ0) is 15.5. The number of rotatable bonds is 4. The predicted molar refractivity (Wildman–Crippen MR) is 83.2 cm³/mol. The van der Waals surface area contributed by atoms with E-state index >= 15 is 0 Å². The molecule has 1 saturated heterocycles. The Balaban J connectivity index is 1.90. The van der Waals surface area contributed by atoms with Crippen molar-refractivity contribution in [2.24, 2.45) is 0 Å². The lowest BCUT2D eigenvalue weighted by atomic mass is 10.0. The zero-order valence-corrected chi connectivity index (χ0v) is 12.9. The molecule has 0 radical (unpaired) electrons. The molecule has 0 amide bonds. The maximum Gasteiger partial charge on any atom is 0.253 e. The lowest BCUT2D eigenvalue weighted by Gasteiger charge is -2.24. The highest BCUT2D eigenvalue weighted by Gasteiger charge is 2.20. The molecule has 1 atom stereocenters. The van der Waals surface area contributed by atoms with Gasteiger partial charge in [-0.3, -0.25) is 4.90 Å². The van der Waals surface area contributed by atoms with E-state index in [0.717, 1.165) is 24.8 Å². The van der Waals surface area contributed by atoms with Crippen LogP contribution in [0.3, 0.4) is 0 Å². The van der Waals surface area contributed by atoms with E-state index in [1.807, 2.05) is 12.1 Å². The molecule has 0 aliphatic carbocycles. The Morgan fingerprint density at radius 3 is 2.77 bits per heavy atom. The van der Waals surface area contributed by atoms with Gasteiger partial charge in [-0.2, -0.15) is 9.37 Å². The Hall–Kier alpha value is -2.01. The Labute approximate surface area is 130 Å². The summed E-state index contributed by atoms with van der Waals surface area (Å²) in [6.45, 7) is 4.51. The molecule has 1 aromatic carbocycles. The summed E-state index contributed by atoms with van der Waals surface area (Å²) in [5.74, 6) is -0.0930. The molecule has 1 aliphatic heterocycles. The van der Waals surface area contributed by atoms with Gasteiger partial charge in [0.25, 0.3) is 5.88 Å². The van der Waals surface area contributed by atoms with E-state index in [-0.39, 0.29) is 5.88 Å². The third-order valence-corrected chi connectivity index (χ3v) is 4.22. The van der Waals surface area contributed by atoms with Crippen molar-refractivity contribution in [1.82, 2.24) is 14.9 Å². The fraction of sp³-hybridized carbons (Fsp3) is 0.412. The number of methoxy groups -OCH3 is 1. The van der Waals surface area contributed by atoms with Crippen molar-refractivity contribution < 1.29 is 9.13 Å². The highest BCUT2D eigenvalue weighted by atomic mass is 19.1. The van der Waals surface area contributed by atoms with Crippen molar-refractivity contribution in [2.45, 2.75) is 25.8 Å². The first kappa shape index (κ1) is 14.9. The summed E-state index contributed by atoms with van der Waals surface area (Å²) >= 11 is 0. The fourth-order valence-electron chi connectivity index (χ4n) is 2.91. The second-order valence-electron chi connectivity index (χ2n) is 5.60. The average molecular weight is 301 g/mol. The average Bonchev–Trinajstić information content (AvgIpc) is 3.09. The minimum Gasteiger partial charge on any atom is -0.479 e. The second kappa shape index (κ2) is 6.40. The smallest absolute Gasteiger partial charge is 0.253 e. The molecule has 4 nitrogen and oxygen atoms in total. The topological polar surface area (TPSA) is 38.2 Å². The molecule has 22 heavy (non-hydrogen) atoms. The largest absolute Gasteiger partial charge is 0.479 e. The van der Waals surface area contributed by atoms with E-state index in [4.69, 9.17) is 4.74 Å². The lowest BCUT2D eigenvalue weighted by molar-refractivity contribution is 0.263. The highest BCUT2D eigenvalue weighted by molar-refractivity contribution is 5.56. The van der Waals surface area contributed by atoms with Crippen molar-refractivity contribution in [3.05, 3.63) is 41.8 Å². The van der Waals surface area contributed by atoms with Gasteiger partial charge in [-0.15, -0.1) is 0 Å². The molecule has 2 aromatic rings. The van der Waals surface area contributed by atoms with E-state index < -0.39 is 5.82 Å². The van der Waals surface area contributed by atoms with Crippen molar-refractivity contribution in [3.8, 4) is 17.3 Å². The minimum atomic E-state index is -0.548. The first-order chi connectivity index (χ1) is 10.7. The molecule has 0 saturated carbocycles. The Bertz CT molecular complexity index is 656. The third kappa shape index (κ3) is 2.95. The van der Waals surface area contributed by atoms with Gasteiger partial charge >= 0.3 is 0 Å². The first-order valence-corrected chi connectivity index (χ1v) is 7.60. The number of hydrogen-bond acceptors (Lipinski definition) is 4. The Morgan fingerprint density at radius 2 is 2.05 bits per heavy atom. The number of likely N-dealkylation sites (tertiary alicyclic amines) is 1. The lowest BCUT2D eigenvalue weighted by Crippen LogP contribution is -2.23. The van der Waals surface area contributed by atoms with Crippen LogP contribution in [0.1, 0.15) is 31.4 Å². The molecule has 1 aromatic heterocycles. The van der Waals surface area contributed by atoms with E-state index in [2.05, 4.69) is 33.9 Å². The number of hydrogen-bond donors (Lipinski definition) is 0. The monoisotopic (exact) mass is 301 g/mol. The highest BCUT2D eigenvalue weighted by Crippen LogP contribution is 2.28. The molecule has 0 bridgehead atoms. The van der Waals surface area contributed by atoms with E-state index in [1.165, 1.54) is 25.5 Å². The predicted octanol–water partition coefficient (Wildman–Crippen LogP) is 3.45. The number of halogens is 1. The summed E-state index contributed by atoms with van der Waals surface area (Å²) in [4.78, 5) is 10.7. The second-order valence-corrected chi connectivity index (χ2v) is 5.60.